The summed E-state index contributed by atoms with van der Waals surface area (Å²) in [5, 5.41) is 12.2. The third-order valence-electron chi connectivity index (χ3n) is 3.82. The summed E-state index contributed by atoms with van der Waals surface area (Å²) in [6, 6.07) is 0. The van der Waals surface area contributed by atoms with Gasteiger partial charge in [0.2, 0.25) is 0 Å². The summed E-state index contributed by atoms with van der Waals surface area (Å²) < 4.78 is 0. The van der Waals surface area contributed by atoms with Gasteiger partial charge in [-0.25, -0.2) is 4.98 Å². The molecule has 1 aromatic rings. The fraction of sp³-hybridized carbons (Fsp3) is 0.733. The molecule has 0 aliphatic carbocycles. The predicted molar refractivity (Wildman–Crippen MR) is 81.0 cm³/mol. The molecule has 0 amide bonds. The lowest BCUT2D eigenvalue weighted by Gasteiger charge is -2.32. The molecular weight excluding hydrogens is 272 g/mol. The Morgan fingerprint density at radius 3 is 3.20 bits per heavy atom. The van der Waals surface area contributed by atoms with Crippen LogP contribution < -0.4 is 0 Å². The molecule has 0 spiro atoms. The molecule has 5 heteroatoms. The Bertz CT molecular complexity index is 433. The highest BCUT2D eigenvalue weighted by Gasteiger charge is 2.21. The SMILES string of the molecule is CCCc1nc(CN2CCCC(CCC(=O)O)C2)cs1. The van der Waals surface area contributed by atoms with E-state index in [-0.39, 0.29) is 0 Å². The highest BCUT2D eigenvalue weighted by molar-refractivity contribution is 7.09. The van der Waals surface area contributed by atoms with Gasteiger partial charge in [0.1, 0.15) is 0 Å². The molecule has 20 heavy (non-hydrogen) atoms. The number of aromatic nitrogens is 1. The van der Waals surface area contributed by atoms with Crippen LogP contribution in [0.2, 0.25) is 0 Å². The third-order valence-corrected chi connectivity index (χ3v) is 4.78. The largest absolute Gasteiger partial charge is 0.481 e. The zero-order chi connectivity index (χ0) is 14.4. The van der Waals surface area contributed by atoms with Gasteiger partial charge in [0, 0.05) is 24.9 Å². The highest BCUT2D eigenvalue weighted by atomic mass is 32.1. The maximum Gasteiger partial charge on any atom is 0.303 e. The number of thiazole rings is 1. The van der Waals surface area contributed by atoms with Crippen molar-refractivity contribution in [2.75, 3.05) is 13.1 Å². The summed E-state index contributed by atoms with van der Waals surface area (Å²) in [7, 11) is 0. The van der Waals surface area contributed by atoms with E-state index in [2.05, 4.69) is 22.2 Å². The standard InChI is InChI=1S/C15H24N2O2S/c1-2-4-14-16-13(11-20-14)10-17-8-3-5-12(9-17)6-7-15(18)19/h11-12H,2-10H2,1H3,(H,18,19). The molecule has 0 radical (unpaired) electrons. The normalized spacial score (nSPS) is 20.1. The van der Waals surface area contributed by atoms with Gasteiger partial charge >= 0.3 is 5.97 Å². The van der Waals surface area contributed by atoms with E-state index in [0.29, 0.717) is 12.3 Å². The van der Waals surface area contributed by atoms with Crippen molar-refractivity contribution in [2.24, 2.45) is 5.92 Å². The van der Waals surface area contributed by atoms with E-state index in [9.17, 15) is 4.79 Å². The van der Waals surface area contributed by atoms with E-state index >= 15 is 0 Å². The van der Waals surface area contributed by atoms with Gasteiger partial charge in [-0.1, -0.05) is 6.92 Å². The maximum atomic E-state index is 10.7. The van der Waals surface area contributed by atoms with Crippen LogP contribution in [0.5, 0.6) is 0 Å². The first-order valence-electron chi connectivity index (χ1n) is 7.54. The molecular formula is C15H24N2O2S. The Labute approximate surface area is 124 Å². The Morgan fingerprint density at radius 1 is 1.60 bits per heavy atom. The second kappa shape index (κ2) is 7.74. The molecule has 1 atom stereocenters. The average Bonchev–Trinajstić information content (AvgIpc) is 2.85. The zero-order valence-electron chi connectivity index (χ0n) is 12.2. The minimum Gasteiger partial charge on any atom is -0.481 e. The van der Waals surface area contributed by atoms with Gasteiger partial charge < -0.3 is 5.11 Å². The first kappa shape index (κ1) is 15.4. The van der Waals surface area contributed by atoms with Crippen molar-refractivity contribution in [3.05, 3.63) is 16.1 Å². The second-order valence-corrected chi connectivity index (χ2v) is 6.60. The molecule has 1 N–H and O–H groups in total. The Hall–Kier alpha value is -0.940. The lowest BCUT2D eigenvalue weighted by atomic mass is 9.93. The van der Waals surface area contributed by atoms with Gasteiger partial charge in [0.15, 0.2) is 0 Å². The van der Waals surface area contributed by atoms with Crippen LogP contribution in [0.3, 0.4) is 0 Å². The third kappa shape index (κ3) is 4.87. The van der Waals surface area contributed by atoms with Crippen molar-refractivity contribution >= 4 is 17.3 Å². The average molecular weight is 296 g/mol. The lowest BCUT2D eigenvalue weighted by Crippen LogP contribution is -2.35. The van der Waals surface area contributed by atoms with Gasteiger partial charge in [-0.2, -0.15) is 0 Å². The summed E-state index contributed by atoms with van der Waals surface area (Å²) in [6.07, 6.45) is 5.68. The molecule has 4 nitrogen and oxygen atoms in total. The van der Waals surface area contributed by atoms with Gasteiger partial charge in [-0.15, -0.1) is 11.3 Å². The van der Waals surface area contributed by atoms with Crippen LogP contribution in [-0.2, 0) is 17.8 Å². The predicted octanol–water partition coefficient (Wildman–Crippen LogP) is 3.17. The first-order valence-corrected chi connectivity index (χ1v) is 8.42. The summed E-state index contributed by atoms with van der Waals surface area (Å²) in [6.45, 7) is 5.24. The Balaban J connectivity index is 1.80. The van der Waals surface area contributed by atoms with Crippen LogP contribution in [-0.4, -0.2) is 34.0 Å². The summed E-state index contributed by atoms with van der Waals surface area (Å²) in [5.41, 5.74) is 1.18. The molecule has 0 bridgehead atoms. The fourth-order valence-corrected chi connectivity index (χ4v) is 3.73. The van der Waals surface area contributed by atoms with E-state index < -0.39 is 5.97 Å². The molecule has 1 fully saturated rings. The van der Waals surface area contributed by atoms with E-state index in [4.69, 9.17) is 5.11 Å². The number of hydrogen-bond acceptors (Lipinski definition) is 4. The number of aryl methyl sites for hydroxylation is 1. The second-order valence-electron chi connectivity index (χ2n) is 5.66. The number of carboxylic acids is 1. The van der Waals surface area contributed by atoms with E-state index in [0.717, 1.165) is 38.9 Å². The minimum atomic E-state index is -0.675. The van der Waals surface area contributed by atoms with Crippen LogP contribution >= 0.6 is 11.3 Å². The summed E-state index contributed by atoms with van der Waals surface area (Å²) in [5.74, 6) is -0.139. The van der Waals surface area contributed by atoms with Gasteiger partial charge in [0.25, 0.3) is 0 Å². The van der Waals surface area contributed by atoms with Crippen LogP contribution in [0.15, 0.2) is 5.38 Å². The van der Waals surface area contributed by atoms with E-state index in [1.54, 1.807) is 11.3 Å². The van der Waals surface area contributed by atoms with Crippen molar-refractivity contribution in [3.63, 3.8) is 0 Å². The van der Waals surface area contributed by atoms with Crippen LogP contribution in [0, 0.1) is 5.92 Å². The number of carboxylic acid groups (broad SMARTS) is 1. The first-order chi connectivity index (χ1) is 9.67. The smallest absolute Gasteiger partial charge is 0.303 e. The molecule has 112 valence electrons. The van der Waals surface area contributed by atoms with Crippen LogP contribution in [0.1, 0.15) is 49.7 Å². The number of rotatable bonds is 7. The van der Waals surface area contributed by atoms with Crippen LogP contribution in [0.25, 0.3) is 0 Å². The molecule has 1 aliphatic rings. The lowest BCUT2D eigenvalue weighted by molar-refractivity contribution is -0.137. The number of likely N-dealkylation sites (tertiary alicyclic amines) is 1. The fourth-order valence-electron chi connectivity index (χ4n) is 2.84. The Kier molecular flexibility index (Phi) is 5.98. The van der Waals surface area contributed by atoms with Crippen molar-refractivity contribution < 1.29 is 9.90 Å². The number of carbonyl (C=O) groups is 1. The van der Waals surface area contributed by atoms with Crippen molar-refractivity contribution in [2.45, 2.75) is 52.0 Å². The highest BCUT2D eigenvalue weighted by Crippen LogP contribution is 2.23. The van der Waals surface area contributed by atoms with E-state index in [1.165, 1.54) is 23.5 Å². The van der Waals surface area contributed by atoms with Crippen molar-refractivity contribution in [3.8, 4) is 0 Å². The van der Waals surface area contributed by atoms with Crippen molar-refractivity contribution in [1.29, 1.82) is 0 Å². The zero-order valence-corrected chi connectivity index (χ0v) is 13.0. The number of piperidine rings is 1. The molecule has 0 saturated carbocycles. The quantitative estimate of drug-likeness (QED) is 0.839. The minimum absolute atomic E-state index is 0.301. The van der Waals surface area contributed by atoms with Gasteiger partial charge in [-0.05, 0) is 44.6 Å². The molecule has 1 saturated heterocycles. The Morgan fingerprint density at radius 2 is 2.45 bits per heavy atom. The monoisotopic (exact) mass is 296 g/mol. The van der Waals surface area contributed by atoms with Crippen molar-refractivity contribution in [1.82, 2.24) is 9.88 Å². The topological polar surface area (TPSA) is 53.4 Å². The molecule has 2 heterocycles. The molecule has 1 aliphatic heterocycles. The summed E-state index contributed by atoms with van der Waals surface area (Å²) in [4.78, 5) is 17.8. The van der Waals surface area contributed by atoms with Gasteiger partial charge in [-0.3, -0.25) is 9.69 Å². The number of aliphatic carboxylic acids is 1. The van der Waals surface area contributed by atoms with E-state index in [1.807, 2.05) is 0 Å². The number of nitrogens with zero attached hydrogens (tertiary/aromatic N) is 2. The molecule has 1 aromatic heterocycles. The molecule has 1 unspecified atom stereocenters. The van der Waals surface area contributed by atoms with Gasteiger partial charge in [0.05, 0.1) is 10.7 Å². The maximum absolute atomic E-state index is 10.7. The number of hydrogen-bond donors (Lipinski definition) is 1. The molecule has 0 aromatic carbocycles. The summed E-state index contributed by atoms with van der Waals surface area (Å²) >= 11 is 1.76. The van der Waals surface area contributed by atoms with Crippen LogP contribution in [0.4, 0.5) is 0 Å². The molecule has 2 rings (SSSR count).